The van der Waals surface area contributed by atoms with E-state index in [1.807, 2.05) is 6.20 Å². The summed E-state index contributed by atoms with van der Waals surface area (Å²) in [6, 6.07) is 8.64. The Morgan fingerprint density at radius 2 is 2.11 bits per heavy atom. The average Bonchev–Trinajstić information content (AvgIpc) is 2.81. The average molecular weight is 306 g/mol. The maximum absolute atomic E-state index is 5.73. The van der Waals surface area contributed by atoms with Crippen LogP contribution < -0.4 is 5.73 Å². The van der Waals surface area contributed by atoms with Gasteiger partial charge in [0, 0.05) is 28.8 Å². The highest BCUT2D eigenvalue weighted by atomic mass is 79.9. The first-order chi connectivity index (χ1) is 8.78. The molecule has 2 aromatic rings. The number of fused-ring (bicyclic) bond motifs is 1. The van der Waals surface area contributed by atoms with Crippen LogP contribution in [-0.4, -0.2) is 9.55 Å². The van der Waals surface area contributed by atoms with E-state index in [0.29, 0.717) is 12.5 Å². The molecule has 1 unspecified atom stereocenters. The minimum Gasteiger partial charge on any atom is -0.330 e. The minimum atomic E-state index is 0.521. The fraction of sp³-hybridized carbons (Fsp3) is 0.357. The molecule has 0 fully saturated rings. The van der Waals surface area contributed by atoms with Crippen LogP contribution in [0.15, 0.2) is 34.9 Å². The third-order valence-electron chi connectivity index (χ3n) is 3.70. The van der Waals surface area contributed by atoms with E-state index in [4.69, 9.17) is 5.73 Å². The van der Waals surface area contributed by atoms with Crippen molar-refractivity contribution in [3.63, 3.8) is 0 Å². The summed E-state index contributed by atoms with van der Waals surface area (Å²) in [7, 11) is 0. The minimum absolute atomic E-state index is 0.521. The van der Waals surface area contributed by atoms with Crippen LogP contribution in [0, 0.1) is 0 Å². The number of rotatable bonds is 2. The third-order valence-corrected chi connectivity index (χ3v) is 4.23. The van der Waals surface area contributed by atoms with Crippen molar-refractivity contribution in [3.8, 4) is 0 Å². The summed E-state index contributed by atoms with van der Waals surface area (Å²) in [6.45, 7) is 1.52. The van der Waals surface area contributed by atoms with Gasteiger partial charge in [0.1, 0.15) is 5.82 Å². The van der Waals surface area contributed by atoms with Crippen LogP contribution in [0.1, 0.15) is 29.4 Å². The number of aromatic nitrogens is 2. The molecule has 3 nitrogen and oxygen atoms in total. The molecule has 1 atom stereocenters. The Labute approximate surface area is 115 Å². The zero-order chi connectivity index (χ0) is 12.5. The van der Waals surface area contributed by atoms with Crippen LogP contribution in [0.25, 0.3) is 0 Å². The van der Waals surface area contributed by atoms with Gasteiger partial charge in [0.15, 0.2) is 0 Å². The van der Waals surface area contributed by atoms with Crippen molar-refractivity contribution in [2.24, 2.45) is 5.73 Å². The Hall–Kier alpha value is -1.13. The quantitative estimate of drug-likeness (QED) is 0.927. The van der Waals surface area contributed by atoms with Crippen molar-refractivity contribution in [1.82, 2.24) is 9.55 Å². The fourth-order valence-electron chi connectivity index (χ4n) is 2.68. The number of benzene rings is 1. The topological polar surface area (TPSA) is 43.8 Å². The van der Waals surface area contributed by atoms with E-state index >= 15 is 0 Å². The smallest absolute Gasteiger partial charge is 0.122 e. The third kappa shape index (κ3) is 2.10. The van der Waals surface area contributed by atoms with Crippen molar-refractivity contribution < 1.29 is 0 Å². The molecule has 0 amide bonds. The SMILES string of the molecule is NCc1ncc2n1CC(c1ccc(Br)cc1)CC2. The highest BCUT2D eigenvalue weighted by Crippen LogP contribution is 2.30. The molecule has 3 rings (SSSR count). The molecule has 2 N–H and O–H groups in total. The lowest BCUT2D eigenvalue weighted by Gasteiger charge is -2.25. The molecule has 0 saturated carbocycles. The van der Waals surface area contributed by atoms with Crippen LogP contribution in [-0.2, 0) is 19.5 Å². The van der Waals surface area contributed by atoms with Crippen molar-refractivity contribution in [2.45, 2.75) is 31.8 Å². The second kappa shape index (κ2) is 4.86. The molecule has 1 aromatic heterocycles. The number of hydrogen-bond donors (Lipinski definition) is 1. The summed E-state index contributed by atoms with van der Waals surface area (Å²) in [5.74, 6) is 1.58. The van der Waals surface area contributed by atoms with Crippen LogP contribution in [0.3, 0.4) is 0 Å². The number of nitrogens with zero attached hydrogens (tertiary/aromatic N) is 2. The molecular formula is C14H16BrN3. The van der Waals surface area contributed by atoms with Gasteiger partial charge in [-0.25, -0.2) is 4.98 Å². The van der Waals surface area contributed by atoms with Crippen LogP contribution in [0.5, 0.6) is 0 Å². The summed E-state index contributed by atoms with van der Waals surface area (Å²) in [5, 5.41) is 0. The van der Waals surface area contributed by atoms with E-state index in [9.17, 15) is 0 Å². The van der Waals surface area contributed by atoms with Crippen molar-refractivity contribution >= 4 is 15.9 Å². The van der Waals surface area contributed by atoms with Gasteiger partial charge in [-0.3, -0.25) is 0 Å². The molecule has 0 aliphatic carbocycles. The summed E-state index contributed by atoms with van der Waals surface area (Å²) >= 11 is 3.48. The molecule has 94 valence electrons. The lowest BCUT2D eigenvalue weighted by atomic mass is 9.91. The van der Waals surface area contributed by atoms with E-state index in [-0.39, 0.29) is 0 Å². The Morgan fingerprint density at radius 3 is 2.83 bits per heavy atom. The van der Waals surface area contributed by atoms with Crippen LogP contribution >= 0.6 is 15.9 Å². The van der Waals surface area contributed by atoms with Crippen LogP contribution in [0.2, 0.25) is 0 Å². The van der Waals surface area contributed by atoms with Gasteiger partial charge in [0.2, 0.25) is 0 Å². The first kappa shape index (κ1) is 11.9. The van der Waals surface area contributed by atoms with E-state index in [1.54, 1.807) is 0 Å². The highest BCUT2D eigenvalue weighted by molar-refractivity contribution is 9.10. The first-order valence-corrected chi connectivity index (χ1v) is 7.06. The van der Waals surface area contributed by atoms with Gasteiger partial charge in [-0.05, 0) is 30.5 Å². The zero-order valence-corrected chi connectivity index (χ0v) is 11.7. The predicted octanol–water partition coefficient (Wildman–Crippen LogP) is 2.83. The van der Waals surface area contributed by atoms with Gasteiger partial charge in [-0.1, -0.05) is 28.1 Å². The monoisotopic (exact) mass is 305 g/mol. The van der Waals surface area contributed by atoms with Gasteiger partial charge in [-0.2, -0.15) is 0 Å². The number of nitrogens with two attached hydrogens (primary N) is 1. The fourth-order valence-corrected chi connectivity index (χ4v) is 2.94. The summed E-state index contributed by atoms with van der Waals surface area (Å²) in [6.07, 6.45) is 4.26. The van der Waals surface area contributed by atoms with Crippen molar-refractivity contribution in [3.05, 3.63) is 52.0 Å². The van der Waals surface area contributed by atoms with E-state index in [2.05, 4.69) is 49.7 Å². The van der Waals surface area contributed by atoms with Gasteiger partial charge in [0.25, 0.3) is 0 Å². The molecule has 4 heteroatoms. The van der Waals surface area contributed by atoms with Crippen molar-refractivity contribution in [2.75, 3.05) is 0 Å². The summed E-state index contributed by atoms with van der Waals surface area (Å²) < 4.78 is 3.42. The number of halogens is 1. The molecule has 2 heterocycles. The Balaban J connectivity index is 1.87. The molecular weight excluding hydrogens is 290 g/mol. The number of hydrogen-bond acceptors (Lipinski definition) is 2. The largest absolute Gasteiger partial charge is 0.330 e. The maximum atomic E-state index is 5.73. The van der Waals surface area contributed by atoms with E-state index in [1.165, 1.54) is 17.7 Å². The Kier molecular flexibility index (Phi) is 3.22. The molecule has 0 saturated heterocycles. The van der Waals surface area contributed by atoms with E-state index in [0.717, 1.165) is 23.3 Å². The lowest BCUT2D eigenvalue weighted by Crippen LogP contribution is -2.21. The molecule has 1 aliphatic rings. The number of aryl methyl sites for hydroxylation is 1. The standard InChI is InChI=1S/C14H16BrN3/c15-12-4-1-10(2-5-12)11-3-6-13-8-17-14(7-16)18(13)9-11/h1-2,4-5,8,11H,3,6-7,9,16H2. The van der Waals surface area contributed by atoms with E-state index < -0.39 is 0 Å². The highest BCUT2D eigenvalue weighted by Gasteiger charge is 2.22. The second-order valence-corrected chi connectivity index (χ2v) is 5.68. The zero-order valence-electron chi connectivity index (χ0n) is 10.1. The lowest BCUT2D eigenvalue weighted by molar-refractivity contribution is 0.451. The van der Waals surface area contributed by atoms with Crippen molar-refractivity contribution in [1.29, 1.82) is 0 Å². The second-order valence-electron chi connectivity index (χ2n) is 4.77. The molecule has 0 spiro atoms. The first-order valence-electron chi connectivity index (χ1n) is 6.26. The molecule has 18 heavy (non-hydrogen) atoms. The summed E-state index contributed by atoms with van der Waals surface area (Å²) in [5.41, 5.74) is 8.46. The maximum Gasteiger partial charge on any atom is 0.122 e. The van der Waals surface area contributed by atoms with Crippen LogP contribution in [0.4, 0.5) is 0 Å². The molecule has 0 radical (unpaired) electrons. The Bertz CT molecular complexity index is 531. The Morgan fingerprint density at radius 1 is 1.33 bits per heavy atom. The van der Waals surface area contributed by atoms with Gasteiger partial charge in [0.05, 0.1) is 6.54 Å². The van der Waals surface area contributed by atoms with Gasteiger partial charge < -0.3 is 10.3 Å². The molecule has 0 bridgehead atoms. The van der Waals surface area contributed by atoms with Gasteiger partial charge >= 0.3 is 0 Å². The molecule has 1 aliphatic heterocycles. The summed E-state index contributed by atoms with van der Waals surface area (Å²) in [4.78, 5) is 4.39. The number of imidazole rings is 1. The molecule has 1 aromatic carbocycles. The van der Waals surface area contributed by atoms with Gasteiger partial charge in [-0.15, -0.1) is 0 Å². The predicted molar refractivity (Wildman–Crippen MR) is 75.3 cm³/mol. The normalized spacial score (nSPS) is 18.7.